The van der Waals surface area contributed by atoms with Gasteiger partial charge in [-0.1, -0.05) is 27.7 Å². The molecule has 2 rings (SSSR count). The summed E-state index contributed by atoms with van der Waals surface area (Å²) in [4.78, 5) is 4.78. The number of aliphatic hydroxyl groups excluding tert-OH is 1. The van der Waals surface area contributed by atoms with Gasteiger partial charge in [0.25, 0.3) is 0 Å². The number of hydrogen-bond acceptors (Lipinski definition) is 7. The largest absolute Gasteiger partial charge is 0.399 e. The third-order valence-electron chi connectivity index (χ3n) is 2.90. The molecule has 2 fully saturated rings. The van der Waals surface area contributed by atoms with Gasteiger partial charge in [0.05, 0.1) is 11.0 Å². The molecule has 0 unspecified atom stereocenters. The molecule has 110 valence electrons. The van der Waals surface area contributed by atoms with Crippen molar-refractivity contribution in [1.82, 2.24) is 0 Å². The van der Waals surface area contributed by atoms with Gasteiger partial charge in [0, 0.05) is 6.61 Å². The molecule has 5 atom stereocenters. The number of hydrogen-bond donors (Lipinski definition) is 1. The van der Waals surface area contributed by atoms with E-state index in [9.17, 15) is 5.11 Å². The smallest absolute Gasteiger partial charge is 0.190 e. The molecule has 0 radical (unpaired) electrons. The second-order valence-corrected chi connectivity index (χ2v) is 5.00. The fourth-order valence-electron chi connectivity index (χ4n) is 2.08. The zero-order chi connectivity index (χ0) is 13.8. The van der Waals surface area contributed by atoms with Crippen molar-refractivity contribution in [3.8, 4) is 0 Å². The standard InChI is InChI=1S/C11H18INO6/c1-3-16-7(4-12)19-10-8(13-15-2)9(14)6-5-17-11(10)18-6/h6-7,9-11,14H,3-5H2,1-2H3/b13-8-/t6-,7+,9-,10+,11-/m1/s1. The topological polar surface area (TPSA) is 78.7 Å². The molecule has 2 aliphatic heterocycles. The van der Waals surface area contributed by atoms with Gasteiger partial charge in [-0.05, 0) is 6.92 Å². The average Bonchev–Trinajstić information content (AvgIpc) is 2.85. The molecule has 0 saturated carbocycles. The number of rotatable bonds is 6. The summed E-state index contributed by atoms with van der Waals surface area (Å²) in [6, 6.07) is 0. The summed E-state index contributed by atoms with van der Waals surface area (Å²) < 4.78 is 22.9. The van der Waals surface area contributed by atoms with Crippen LogP contribution in [0, 0.1) is 0 Å². The molecule has 2 saturated heterocycles. The summed E-state index contributed by atoms with van der Waals surface area (Å²) in [5, 5.41) is 14.0. The molecule has 2 heterocycles. The molecule has 0 amide bonds. The van der Waals surface area contributed by atoms with Gasteiger partial charge in [-0.2, -0.15) is 0 Å². The van der Waals surface area contributed by atoms with Crippen LogP contribution < -0.4 is 0 Å². The monoisotopic (exact) mass is 387 g/mol. The van der Waals surface area contributed by atoms with E-state index in [2.05, 4.69) is 27.7 Å². The summed E-state index contributed by atoms with van der Waals surface area (Å²) in [6.45, 7) is 2.74. The van der Waals surface area contributed by atoms with Gasteiger partial charge in [-0.25, -0.2) is 0 Å². The fraction of sp³-hybridized carbons (Fsp3) is 0.909. The van der Waals surface area contributed by atoms with E-state index >= 15 is 0 Å². The number of ether oxygens (including phenoxy) is 4. The van der Waals surface area contributed by atoms with Crippen molar-refractivity contribution >= 4 is 28.3 Å². The van der Waals surface area contributed by atoms with E-state index in [1.807, 2.05) is 6.92 Å². The molecule has 0 aromatic heterocycles. The highest BCUT2D eigenvalue weighted by atomic mass is 127. The van der Waals surface area contributed by atoms with E-state index in [1.165, 1.54) is 7.11 Å². The maximum Gasteiger partial charge on any atom is 0.190 e. The minimum atomic E-state index is -0.889. The SMILES string of the molecule is CCO[C@H](CI)O[C@H]1/C(=N\OC)[C@H](O)[C@H]2CO[C@@H]1O2. The van der Waals surface area contributed by atoms with Crippen molar-refractivity contribution in [2.45, 2.75) is 37.8 Å². The zero-order valence-corrected chi connectivity index (χ0v) is 13.0. The van der Waals surface area contributed by atoms with Crippen molar-refractivity contribution < 1.29 is 28.9 Å². The van der Waals surface area contributed by atoms with Crippen LogP contribution in [0.4, 0.5) is 0 Å². The van der Waals surface area contributed by atoms with Crippen LogP contribution in [-0.4, -0.2) is 66.5 Å². The fourth-order valence-corrected chi connectivity index (χ4v) is 2.54. The van der Waals surface area contributed by atoms with Gasteiger partial charge >= 0.3 is 0 Å². The van der Waals surface area contributed by atoms with Crippen LogP contribution in [0.3, 0.4) is 0 Å². The highest BCUT2D eigenvalue weighted by molar-refractivity contribution is 14.1. The minimum Gasteiger partial charge on any atom is -0.399 e. The van der Waals surface area contributed by atoms with Crippen LogP contribution in [0.15, 0.2) is 5.16 Å². The zero-order valence-electron chi connectivity index (χ0n) is 10.8. The molecular weight excluding hydrogens is 369 g/mol. The van der Waals surface area contributed by atoms with Gasteiger partial charge in [-0.15, -0.1) is 0 Å². The highest BCUT2D eigenvalue weighted by Gasteiger charge is 2.50. The van der Waals surface area contributed by atoms with Crippen molar-refractivity contribution in [2.75, 3.05) is 24.8 Å². The van der Waals surface area contributed by atoms with E-state index in [0.29, 0.717) is 23.4 Å². The van der Waals surface area contributed by atoms with Gasteiger partial charge < -0.3 is 28.9 Å². The van der Waals surface area contributed by atoms with Gasteiger partial charge in [0.2, 0.25) is 0 Å². The third-order valence-corrected chi connectivity index (χ3v) is 3.62. The van der Waals surface area contributed by atoms with Crippen molar-refractivity contribution in [1.29, 1.82) is 0 Å². The number of fused-ring (bicyclic) bond motifs is 2. The molecule has 2 aliphatic rings. The molecular formula is C11H18INO6. The third kappa shape index (κ3) is 3.37. The summed E-state index contributed by atoms with van der Waals surface area (Å²) >= 11 is 2.17. The average molecular weight is 387 g/mol. The summed E-state index contributed by atoms with van der Waals surface area (Å²) in [7, 11) is 1.42. The predicted molar refractivity (Wildman–Crippen MR) is 74.2 cm³/mol. The molecule has 8 heteroatoms. The number of halogens is 1. The summed E-state index contributed by atoms with van der Waals surface area (Å²) in [5.41, 5.74) is 0.385. The van der Waals surface area contributed by atoms with E-state index in [1.54, 1.807) is 0 Å². The first-order chi connectivity index (χ1) is 9.21. The normalized spacial score (nSPS) is 37.6. The van der Waals surface area contributed by atoms with Crippen LogP contribution in [0.1, 0.15) is 6.92 Å². The van der Waals surface area contributed by atoms with Crippen molar-refractivity contribution in [3.63, 3.8) is 0 Å². The number of nitrogens with zero attached hydrogens (tertiary/aromatic N) is 1. The maximum atomic E-state index is 10.1. The van der Waals surface area contributed by atoms with Gasteiger partial charge in [-0.3, -0.25) is 0 Å². The van der Waals surface area contributed by atoms with Gasteiger partial charge in [0.15, 0.2) is 18.7 Å². The Balaban J connectivity index is 2.12. The lowest BCUT2D eigenvalue weighted by molar-refractivity contribution is -0.210. The molecule has 0 spiro atoms. The Hall–Kier alpha value is -0.000000000000000125. The maximum absolute atomic E-state index is 10.1. The lowest BCUT2D eigenvalue weighted by atomic mass is 10.0. The summed E-state index contributed by atoms with van der Waals surface area (Å²) in [6.07, 6.45) is -2.91. The Morgan fingerprint density at radius 2 is 2.37 bits per heavy atom. The summed E-state index contributed by atoms with van der Waals surface area (Å²) in [5.74, 6) is 0. The number of oxime groups is 1. The Labute approximate surface area is 125 Å². The quantitative estimate of drug-likeness (QED) is 0.306. The Bertz CT molecular complexity index is 328. The van der Waals surface area contributed by atoms with E-state index in [4.69, 9.17) is 23.8 Å². The second-order valence-electron chi connectivity index (χ2n) is 4.12. The molecule has 0 aromatic rings. The van der Waals surface area contributed by atoms with E-state index < -0.39 is 30.9 Å². The molecule has 1 N–H and O–H groups in total. The highest BCUT2D eigenvalue weighted by Crippen LogP contribution is 2.29. The van der Waals surface area contributed by atoms with Crippen LogP contribution in [0.2, 0.25) is 0 Å². The second kappa shape index (κ2) is 7.14. The molecule has 2 bridgehead atoms. The van der Waals surface area contributed by atoms with Crippen molar-refractivity contribution in [3.05, 3.63) is 0 Å². The first kappa shape index (κ1) is 15.4. The Kier molecular flexibility index (Phi) is 5.78. The molecule has 7 nitrogen and oxygen atoms in total. The number of aliphatic hydroxyl groups is 1. The van der Waals surface area contributed by atoms with Crippen LogP contribution in [0.25, 0.3) is 0 Å². The Morgan fingerprint density at radius 1 is 1.58 bits per heavy atom. The van der Waals surface area contributed by atoms with Gasteiger partial charge in [0.1, 0.15) is 25.0 Å². The lowest BCUT2D eigenvalue weighted by Crippen LogP contribution is -2.53. The van der Waals surface area contributed by atoms with Crippen LogP contribution in [0.5, 0.6) is 0 Å². The molecule has 0 aromatic carbocycles. The van der Waals surface area contributed by atoms with Crippen molar-refractivity contribution in [2.24, 2.45) is 5.16 Å². The Morgan fingerprint density at radius 3 is 3.00 bits per heavy atom. The first-order valence-electron chi connectivity index (χ1n) is 6.10. The van der Waals surface area contributed by atoms with E-state index in [-0.39, 0.29) is 0 Å². The van der Waals surface area contributed by atoms with Crippen LogP contribution in [-0.2, 0) is 23.8 Å². The van der Waals surface area contributed by atoms with Crippen LogP contribution >= 0.6 is 22.6 Å². The first-order valence-corrected chi connectivity index (χ1v) is 7.62. The molecule has 19 heavy (non-hydrogen) atoms. The predicted octanol–water partition coefficient (Wildman–Crippen LogP) is 0.288. The lowest BCUT2D eigenvalue weighted by Gasteiger charge is -2.33. The minimum absolute atomic E-state index is 0.317. The van der Waals surface area contributed by atoms with E-state index in [0.717, 1.165) is 0 Å². The molecule has 0 aliphatic carbocycles. The number of alkyl halides is 1.